The molecule has 0 atom stereocenters. The molecule has 3 heteroatoms. The molecule has 1 rings (SSSR count). The highest BCUT2D eigenvalue weighted by Gasteiger charge is 2.03. The third-order valence-electron chi connectivity index (χ3n) is 0.760. The van der Waals surface area contributed by atoms with Gasteiger partial charge in [-0.15, -0.1) is 0 Å². The number of rotatable bonds is 0. The van der Waals surface area contributed by atoms with E-state index in [9.17, 15) is 0 Å². The number of nitrogens with one attached hydrogen (secondary N) is 1. The zero-order valence-electron chi connectivity index (χ0n) is 4.03. The van der Waals surface area contributed by atoms with Gasteiger partial charge in [0.05, 0.1) is 0 Å². The first-order chi connectivity index (χ1) is 3.29. The Balaban J connectivity index is 2.42. The molecule has 39 valence electrons. The van der Waals surface area contributed by atoms with Crippen molar-refractivity contribution in [1.29, 1.82) is 0 Å². The summed E-state index contributed by atoms with van der Waals surface area (Å²) < 4.78 is 0. The largest absolute Gasteiger partial charge is 0.309 e. The Hall–Kier alpha value is -0.210. The van der Waals surface area contributed by atoms with Gasteiger partial charge in [-0.05, 0) is 0 Å². The molecule has 0 unspecified atom stereocenters. The minimum Gasteiger partial charge on any atom is -0.309 e. The van der Waals surface area contributed by atoms with Crippen LogP contribution in [-0.2, 0) is 0 Å². The zero-order valence-corrected chi connectivity index (χ0v) is 4.79. The third kappa shape index (κ3) is 1.08. The van der Waals surface area contributed by atoms with Gasteiger partial charge in [-0.2, -0.15) is 0 Å². The molecule has 1 aliphatic rings. The van der Waals surface area contributed by atoms with Gasteiger partial charge in [-0.3, -0.25) is 0 Å². The van der Waals surface area contributed by atoms with Crippen LogP contribution in [0.2, 0.25) is 0 Å². The van der Waals surface area contributed by atoms with Crippen molar-refractivity contribution in [3.05, 3.63) is 11.2 Å². The van der Waals surface area contributed by atoms with E-state index in [0.29, 0.717) is 5.16 Å². The van der Waals surface area contributed by atoms with Gasteiger partial charge in [0.25, 0.3) is 0 Å². The predicted molar refractivity (Wildman–Crippen MR) is 28.4 cm³/mol. The molecular formula is C4H6ClN2. The van der Waals surface area contributed by atoms with Crippen molar-refractivity contribution in [3.63, 3.8) is 0 Å². The fourth-order valence-corrected chi connectivity index (χ4v) is 0.639. The molecule has 0 aromatic rings. The van der Waals surface area contributed by atoms with Crippen LogP contribution in [0.15, 0.2) is 5.16 Å². The maximum absolute atomic E-state index is 5.46. The maximum atomic E-state index is 5.46. The van der Waals surface area contributed by atoms with Crippen LogP contribution in [0.3, 0.4) is 0 Å². The van der Waals surface area contributed by atoms with Gasteiger partial charge >= 0.3 is 0 Å². The SMILES string of the molecule is CN1C[C]=C(Cl)N1. The Bertz CT molecular complexity index is 99.9. The number of hydrogen-bond donors (Lipinski definition) is 1. The minimum atomic E-state index is 0.600. The molecule has 1 radical (unpaired) electrons. The first-order valence-corrected chi connectivity index (χ1v) is 2.41. The molecule has 0 amide bonds. The van der Waals surface area contributed by atoms with Crippen molar-refractivity contribution in [3.8, 4) is 0 Å². The van der Waals surface area contributed by atoms with Gasteiger partial charge in [0.1, 0.15) is 5.16 Å². The van der Waals surface area contributed by atoms with Crippen molar-refractivity contribution in [1.82, 2.24) is 10.4 Å². The summed E-state index contributed by atoms with van der Waals surface area (Å²) in [5.74, 6) is 0. The Morgan fingerprint density at radius 3 is 2.86 bits per heavy atom. The molecular weight excluding hydrogens is 112 g/mol. The van der Waals surface area contributed by atoms with Crippen molar-refractivity contribution in [2.24, 2.45) is 0 Å². The van der Waals surface area contributed by atoms with Crippen LogP contribution in [0.4, 0.5) is 0 Å². The second kappa shape index (κ2) is 1.72. The summed E-state index contributed by atoms with van der Waals surface area (Å²) in [4.78, 5) is 0. The fraction of sp³-hybridized carbons (Fsp3) is 0.500. The van der Waals surface area contributed by atoms with E-state index in [2.05, 4.69) is 11.5 Å². The second-order valence-electron chi connectivity index (χ2n) is 1.46. The molecule has 1 N–H and O–H groups in total. The van der Waals surface area contributed by atoms with Gasteiger partial charge in [-0.1, -0.05) is 11.6 Å². The molecule has 1 heterocycles. The van der Waals surface area contributed by atoms with Crippen LogP contribution >= 0.6 is 11.6 Å². The Labute approximate surface area is 47.7 Å². The quantitative estimate of drug-likeness (QED) is 0.460. The molecule has 0 saturated heterocycles. The summed E-state index contributed by atoms with van der Waals surface area (Å²) >= 11 is 5.46. The van der Waals surface area contributed by atoms with E-state index in [0.717, 1.165) is 6.54 Å². The summed E-state index contributed by atoms with van der Waals surface area (Å²) in [6.45, 7) is 0.777. The lowest BCUT2D eigenvalue weighted by Crippen LogP contribution is -2.25. The lowest BCUT2D eigenvalue weighted by atomic mass is 10.6. The molecule has 0 aromatic heterocycles. The third-order valence-corrected chi connectivity index (χ3v) is 0.979. The summed E-state index contributed by atoms with van der Waals surface area (Å²) in [5.41, 5.74) is 2.82. The van der Waals surface area contributed by atoms with Crippen LogP contribution in [0.25, 0.3) is 0 Å². The fourth-order valence-electron chi connectivity index (χ4n) is 0.435. The average Bonchev–Trinajstić information content (AvgIpc) is 1.87. The van der Waals surface area contributed by atoms with E-state index in [1.54, 1.807) is 0 Å². The van der Waals surface area contributed by atoms with Gasteiger partial charge in [-0.25, -0.2) is 5.01 Å². The average molecular weight is 118 g/mol. The molecule has 0 aliphatic carbocycles. The number of nitrogens with zero attached hydrogens (tertiary/aromatic N) is 1. The van der Waals surface area contributed by atoms with Crippen LogP contribution in [0.1, 0.15) is 0 Å². The van der Waals surface area contributed by atoms with E-state index < -0.39 is 0 Å². The van der Waals surface area contributed by atoms with Crippen LogP contribution < -0.4 is 5.43 Å². The number of hydrazine groups is 1. The van der Waals surface area contributed by atoms with Crippen molar-refractivity contribution < 1.29 is 0 Å². The van der Waals surface area contributed by atoms with Gasteiger partial charge in [0.15, 0.2) is 0 Å². The normalized spacial score (nSPS) is 21.7. The Morgan fingerprint density at radius 1 is 2.00 bits per heavy atom. The zero-order chi connectivity index (χ0) is 5.28. The van der Waals surface area contributed by atoms with E-state index in [1.165, 1.54) is 0 Å². The molecule has 0 saturated carbocycles. The maximum Gasteiger partial charge on any atom is 0.121 e. The highest BCUT2D eigenvalue weighted by Crippen LogP contribution is 2.01. The first-order valence-electron chi connectivity index (χ1n) is 2.03. The van der Waals surface area contributed by atoms with Crippen molar-refractivity contribution in [2.75, 3.05) is 13.6 Å². The highest BCUT2D eigenvalue weighted by molar-refractivity contribution is 6.28. The van der Waals surface area contributed by atoms with E-state index in [4.69, 9.17) is 11.6 Å². The summed E-state index contributed by atoms with van der Waals surface area (Å²) in [6.07, 6.45) is 2.87. The highest BCUT2D eigenvalue weighted by atomic mass is 35.5. The molecule has 1 aliphatic heterocycles. The molecule has 7 heavy (non-hydrogen) atoms. The van der Waals surface area contributed by atoms with Crippen LogP contribution in [0, 0.1) is 6.08 Å². The molecule has 0 fully saturated rings. The van der Waals surface area contributed by atoms with Gasteiger partial charge < -0.3 is 5.43 Å². The smallest absolute Gasteiger partial charge is 0.121 e. The lowest BCUT2D eigenvalue weighted by molar-refractivity contribution is 0.327. The molecule has 0 bridgehead atoms. The number of likely N-dealkylation sites (N-methyl/N-ethyl adjacent to an activating group) is 1. The van der Waals surface area contributed by atoms with Crippen LogP contribution in [-0.4, -0.2) is 18.6 Å². The Morgan fingerprint density at radius 2 is 2.71 bits per heavy atom. The van der Waals surface area contributed by atoms with Crippen molar-refractivity contribution in [2.45, 2.75) is 0 Å². The first kappa shape index (κ1) is 4.94. The van der Waals surface area contributed by atoms with E-state index >= 15 is 0 Å². The van der Waals surface area contributed by atoms with Crippen molar-refractivity contribution >= 4 is 11.6 Å². The number of hydrogen-bond acceptors (Lipinski definition) is 2. The molecule has 0 aromatic carbocycles. The molecule has 2 nitrogen and oxygen atoms in total. The minimum absolute atomic E-state index is 0.600. The van der Waals surface area contributed by atoms with E-state index in [-0.39, 0.29) is 0 Å². The predicted octanol–water partition coefficient (Wildman–Crippen LogP) is 0.320. The van der Waals surface area contributed by atoms with Gasteiger partial charge in [0, 0.05) is 19.7 Å². The number of halogens is 1. The monoisotopic (exact) mass is 117 g/mol. The topological polar surface area (TPSA) is 15.3 Å². The Kier molecular flexibility index (Phi) is 1.21. The van der Waals surface area contributed by atoms with Gasteiger partial charge in [0.2, 0.25) is 0 Å². The summed E-state index contributed by atoms with van der Waals surface area (Å²) in [7, 11) is 1.91. The summed E-state index contributed by atoms with van der Waals surface area (Å²) in [6, 6.07) is 0. The van der Waals surface area contributed by atoms with E-state index in [1.807, 2.05) is 12.1 Å². The lowest BCUT2D eigenvalue weighted by Gasteiger charge is -2.06. The standard InChI is InChI=1S/C4H6ClN2/c1-7-3-2-4(5)6-7/h6H,3H2,1H3. The van der Waals surface area contributed by atoms with Crippen LogP contribution in [0.5, 0.6) is 0 Å². The second-order valence-corrected chi connectivity index (χ2v) is 1.84. The molecule has 0 spiro atoms. The summed E-state index contributed by atoms with van der Waals surface area (Å²) in [5, 5.41) is 2.45.